The van der Waals surface area contributed by atoms with Crippen molar-refractivity contribution in [1.82, 2.24) is 5.32 Å². The van der Waals surface area contributed by atoms with E-state index in [4.69, 9.17) is 10.5 Å². The van der Waals surface area contributed by atoms with Crippen molar-refractivity contribution in [2.24, 2.45) is 5.73 Å². The van der Waals surface area contributed by atoms with Gasteiger partial charge in [-0.3, -0.25) is 4.79 Å². The lowest BCUT2D eigenvalue weighted by molar-refractivity contribution is -0.153. The fraction of sp³-hybridized carbons (Fsp3) is 0.533. The SMILES string of the molecule is COc1cc(CCC(=O)NCC(F)(F)CN)ccc1OCC(F)(F)F.Cl. The monoisotopic (exact) mass is 406 g/mol. The van der Waals surface area contributed by atoms with Crippen LogP contribution in [-0.2, 0) is 11.2 Å². The number of alkyl halides is 5. The van der Waals surface area contributed by atoms with E-state index in [9.17, 15) is 26.7 Å². The Morgan fingerprint density at radius 2 is 1.85 bits per heavy atom. The molecule has 0 fully saturated rings. The topological polar surface area (TPSA) is 73.6 Å². The van der Waals surface area contributed by atoms with Crippen LogP contribution < -0.4 is 20.5 Å². The number of benzene rings is 1. The van der Waals surface area contributed by atoms with Crippen molar-refractivity contribution in [3.05, 3.63) is 23.8 Å². The first-order chi connectivity index (χ1) is 11.6. The largest absolute Gasteiger partial charge is 0.493 e. The normalized spacial score (nSPS) is 11.5. The molecule has 26 heavy (non-hydrogen) atoms. The summed E-state index contributed by atoms with van der Waals surface area (Å²) in [6, 6.07) is 4.18. The molecule has 0 atom stereocenters. The van der Waals surface area contributed by atoms with E-state index in [1.165, 1.54) is 25.3 Å². The molecule has 0 bridgehead atoms. The first-order valence-corrected chi connectivity index (χ1v) is 7.27. The van der Waals surface area contributed by atoms with Gasteiger partial charge in [0.25, 0.3) is 5.92 Å². The Hall–Kier alpha value is -1.81. The molecule has 0 radical (unpaired) electrons. The number of aryl methyl sites for hydroxylation is 1. The summed E-state index contributed by atoms with van der Waals surface area (Å²) in [5, 5.41) is 2.07. The highest BCUT2D eigenvalue weighted by molar-refractivity contribution is 5.85. The highest BCUT2D eigenvalue weighted by atomic mass is 35.5. The van der Waals surface area contributed by atoms with E-state index >= 15 is 0 Å². The molecule has 1 aromatic rings. The smallest absolute Gasteiger partial charge is 0.422 e. The minimum atomic E-state index is -4.48. The highest BCUT2D eigenvalue weighted by Gasteiger charge is 2.29. The summed E-state index contributed by atoms with van der Waals surface area (Å²) in [6.07, 6.45) is -4.37. The lowest BCUT2D eigenvalue weighted by Gasteiger charge is -2.15. The van der Waals surface area contributed by atoms with Gasteiger partial charge in [0.05, 0.1) is 20.2 Å². The first kappa shape index (κ1) is 24.2. The molecule has 0 spiro atoms. The molecule has 0 unspecified atom stereocenters. The number of carbonyl (C=O) groups is 1. The molecule has 1 amide bonds. The van der Waals surface area contributed by atoms with Gasteiger partial charge in [-0.15, -0.1) is 12.4 Å². The van der Waals surface area contributed by atoms with Crippen LogP contribution in [-0.4, -0.2) is 44.8 Å². The number of ether oxygens (including phenoxy) is 2. The molecule has 11 heteroatoms. The molecule has 0 aliphatic rings. The van der Waals surface area contributed by atoms with E-state index < -0.39 is 37.7 Å². The minimum absolute atomic E-state index is 0. The van der Waals surface area contributed by atoms with Gasteiger partial charge in [-0.1, -0.05) is 6.07 Å². The van der Waals surface area contributed by atoms with E-state index in [-0.39, 0.29) is 36.7 Å². The molecular formula is C15H20ClF5N2O3. The van der Waals surface area contributed by atoms with E-state index in [2.05, 4.69) is 10.1 Å². The predicted molar refractivity (Wildman–Crippen MR) is 87.1 cm³/mol. The number of methoxy groups -OCH3 is 1. The summed E-state index contributed by atoms with van der Waals surface area (Å²) in [5.41, 5.74) is 5.44. The van der Waals surface area contributed by atoms with E-state index in [0.29, 0.717) is 5.56 Å². The van der Waals surface area contributed by atoms with Crippen molar-refractivity contribution in [2.75, 3.05) is 26.8 Å². The lowest BCUT2D eigenvalue weighted by atomic mass is 10.1. The van der Waals surface area contributed by atoms with Gasteiger partial charge in [0.15, 0.2) is 18.1 Å². The third-order valence-electron chi connectivity index (χ3n) is 3.10. The van der Waals surface area contributed by atoms with Crippen molar-refractivity contribution in [3.8, 4) is 11.5 Å². The van der Waals surface area contributed by atoms with Crippen molar-refractivity contribution in [3.63, 3.8) is 0 Å². The second kappa shape index (κ2) is 10.4. The van der Waals surface area contributed by atoms with E-state index in [1.54, 1.807) is 0 Å². The molecule has 150 valence electrons. The Kier molecular flexibility index (Phi) is 9.64. The van der Waals surface area contributed by atoms with Crippen LogP contribution >= 0.6 is 12.4 Å². The maximum Gasteiger partial charge on any atom is 0.422 e. The molecule has 5 nitrogen and oxygen atoms in total. The Labute approximate surface area is 153 Å². The van der Waals surface area contributed by atoms with Gasteiger partial charge in [-0.2, -0.15) is 13.2 Å². The van der Waals surface area contributed by atoms with Gasteiger partial charge >= 0.3 is 6.18 Å². The fourth-order valence-corrected chi connectivity index (χ4v) is 1.79. The van der Waals surface area contributed by atoms with Gasteiger partial charge < -0.3 is 20.5 Å². The van der Waals surface area contributed by atoms with Gasteiger partial charge in [0.1, 0.15) is 0 Å². The van der Waals surface area contributed by atoms with Crippen LogP contribution in [0.5, 0.6) is 11.5 Å². The van der Waals surface area contributed by atoms with E-state index in [1.807, 2.05) is 0 Å². The van der Waals surface area contributed by atoms with E-state index in [0.717, 1.165) is 0 Å². The van der Waals surface area contributed by atoms with Gasteiger partial charge in [-0.25, -0.2) is 8.78 Å². The molecule has 0 saturated heterocycles. The molecular weight excluding hydrogens is 387 g/mol. The fourth-order valence-electron chi connectivity index (χ4n) is 1.79. The molecule has 1 aromatic carbocycles. The maximum atomic E-state index is 12.9. The van der Waals surface area contributed by atoms with Crippen LogP contribution in [0.25, 0.3) is 0 Å². The van der Waals surface area contributed by atoms with Gasteiger partial charge in [0, 0.05) is 6.42 Å². The molecule has 1 rings (SSSR count). The zero-order valence-corrected chi connectivity index (χ0v) is 14.7. The van der Waals surface area contributed by atoms with Crippen molar-refractivity contribution in [1.29, 1.82) is 0 Å². The molecule has 0 aliphatic carbocycles. The van der Waals surface area contributed by atoms with Crippen LogP contribution in [0.4, 0.5) is 22.0 Å². The zero-order chi connectivity index (χ0) is 19.1. The van der Waals surface area contributed by atoms with Gasteiger partial charge in [-0.05, 0) is 24.1 Å². The Balaban J connectivity index is 0.00000625. The van der Waals surface area contributed by atoms with Crippen molar-refractivity contribution in [2.45, 2.75) is 24.9 Å². The second-order valence-electron chi connectivity index (χ2n) is 5.23. The number of rotatable bonds is 9. The highest BCUT2D eigenvalue weighted by Crippen LogP contribution is 2.30. The van der Waals surface area contributed by atoms with Crippen LogP contribution in [0, 0.1) is 0 Å². The predicted octanol–water partition coefficient (Wildman–Crippen LogP) is 2.70. The summed E-state index contributed by atoms with van der Waals surface area (Å²) in [6.45, 7) is -3.18. The average Bonchev–Trinajstić information content (AvgIpc) is 2.55. The summed E-state index contributed by atoms with van der Waals surface area (Å²) in [7, 11) is 1.27. The second-order valence-corrected chi connectivity index (χ2v) is 5.23. The van der Waals surface area contributed by atoms with Crippen molar-refractivity contribution >= 4 is 18.3 Å². The van der Waals surface area contributed by atoms with Crippen LogP contribution in [0.3, 0.4) is 0 Å². The number of nitrogens with one attached hydrogen (secondary N) is 1. The standard InChI is InChI=1S/C15H19F5N2O3.ClH/c1-24-12-6-10(2-4-11(12)25-9-15(18,19)20)3-5-13(23)22-8-14(16,17)7-21;/h2,4,6H,3,5,7-9,21H2,1H3,(H,22,23);1H. The molecule has 3 N–H and O–H groups in total. The Morgan fingerprint density at radius 3 is 2.38 bits per heavy atom. The summed E-state index contributed by atoms with van der Waals surface area (Å²) in [4.78, 5) is 11.5. The quantitative estimate of drug-likeness (QED) is 0.618. The third kappa shape index (κ3) is 9.04. The maximum absolute atomic E-state index is 12.9. The number of hydrogen-bond acceptors (Lipinski definition) is 4. The minimum Gasteiger partial charge on any atom is -0.493 e. The zero-order valence-electron chi connectivity index (χ0n) is 13.9. The van der Waals surface area contributed by atoms with Crippen LogP contribution in [0.2, 0.25) is 0 Å². The van der Waals surface area contributed by atoms with Crippen LogP contribution in [0.1, 0.15) is 12.0 Å². The van der Waals surface area contributed by atoms with Gasteiger partial charge in [0.2, 0.25) is 5.91 Å². The Bertz CT molecular complexity index is 585. The number of carbonyl (C=O) groups excluding carboxylic acids is 1. The number of nitrogens with two attached hydrogens (primary N) is 1. The molecule has 0 heterocycles. The summed E-state index contributed by atoms with van der Waals surface area (Å²) >= 11 is 0. The first-order valence-electron chi connectivity index (χ1n) is 7.27. The lowest BCUT2D eigenvalue weighted by Crippen LogP contribution is -2.41. The molecule has 0 saturated carbocycles. The average molecular weight is 407 g/mol. The third-order valence-corrected chi connectivity index (χ3v) is 3.10. The Morgan fingerprint density at radius 1 is 1.19 bits per heavy atom. The summed E-state index contributed by atoms with van der Waals surface area (Å²) in [5.74, 6) is -3.77. The number of halogens is 6. The van der Waals surface area contributed by atoms with Crippen molar-refractivity contribution < 1.29 is 36.2 Å². The number of hydrogen-bond donors (Lipinski definition) is 2. The molecule has 0 aliphatic heterocycles. The van der Waals surface area contributed by atoms with Crippen LogP contribution in [0.15, 0.2) is 18.2 Å². The number of amides is 1. The summed E-state index contributed by atoms with van der Waals surface area (Å²) < 4.78 is 72.0. The molecule has 0 aromatic heterocycles.